The second kappa shape index (κ2) is 6.74. The smallest absolute Gasteiger partial charge is 0.329 e. The maximum absolute atomic E-state index is 11.9. The van der Waals surface area contributed by atoms with Gasteiger partial charge in [-0.3, -0.25) is 0 Å². The van der Waals surface area contributed by atoms with Crippen molar-refractivity contribution < 1.29 is 14.7 Å². The number of nitrogens with one attached hydrogen (secondary N) is 1. The first-order chi connectivity index (χ1) is 7.77. The Morgan fingerprint density at radius 2 is 2.00 bits per heavy atom. The summed E-state index contributed by atoms with van der Waals surface area (Å²) in [4.78, 5) is 24.3. The first kappa shape index (κ1) is 16.1. The van der Waals surface area contributed by atoms with Crippen molar-refractivity contribution in [1.29, 1.82) is 0 Å². The van der Waals surface area contributed by atoms with E-state index in [1.807, 2.05) is 13.2 Å². The van der Waals surface area contributed by atoms with Gasteiger partial charge in [0, 0.05) is 18.3 Å². The monoisotopic (exact) mass is 262 g/mol. The summed E-state index contributed by atoms with van der Waals surface area (Å²) in [6, 6.07) is -0.333. The van der Waals surface area contributed by atoms with Gasteiger partial charge in [0.25, 0.3) is 0 Å². The van der Waals surface area contributed by atoms with Crippen LogP contribution in [0.1, 0.15) is 27.7 Å². The number of carbonyl (C=O) groups excluding carboxylic acids is 1. The third kappa shape index (κ3) is 4.46. The molecular weight excluding hydrogens is 240 g/mol. The zero-order valence-electron chi connectivity index (χ0n) is 11.1. The number of urea groups is 1. The normalized spacial score (nSPS) is 13.0. The second-order valence-electron chi connectivity index (χ2n) is 4.34. The molecule has 100 valence electrons. The summed E-state index contributed by atoms with van der Waals surface area (Å²) in [6.07, 6.45) is 1.97. The van der Waals surface area contributed by atoms with E-state index < -0.39 is 11.5 Å². The third-order valence-corrected chi connectivity index (χ3v) is 3.67. The summed E-state index contributed by atoms with van der Waals surface area (Å²) >= 11 is 1.65. The van der Waals surface area contributed by atoms with Crippen molar-refractivity contribution in [2.45, 2.75) is 38.5 Å². The number of amides is 2. The Bertz CT molecular complexity index is 282. The Balaban J connectivity index is 4.57. The molecule has 0 radical (unpaired) electrons. The van der Waals surface area contributed by atoms with Crippen LogP contribution in [-0.2, 0) is 4.79 Å². The number of thioether (sulfide) groups is 1. The summed E-state index contributed by atoms with van der Waals surface area (Å²) in [6.45, 7) is 7.71. The summed E-state index contributed by atoms with van der Waals surface area (Å²) in [5.74, 6) is -1.01. The zero-order valence-corrected chi connectivity index (χ0v) is 11.9. The Morgan fingerprint density at radius 1 is 1.47 bits per heavy atom. The molecule has 0 aliphatic rings. The molecule has 0 rings (SSSR count). The van der Waals surface area contributed by atoms with Gasteiger partial charge in [-0.05, 0) is 27.0 Å². The zero-order chi connectivity index (χ0) is 13.6. The minimum atomic E-state index is -1.19. The number of hydrogen-bond donors (Lipinski definition) is 2. The number of hydrogen-bond acceptors (Lipinski definition) is 3. The van der Waals surface area contributed by atoms with Gasteiger partial charge >= 0.3 is 12.0 Å². The minimum absolute atomic E-state index is 0.311. The lowest BCUT2D eigenvalue weighted by Gasteiger charge is -2.34. The Hall–Kier alpha value is -0.910. The molecule has 0 aromatic heterocycles. The lowest BCUT2D eigenvalue weighted by Crippen LogP contribution is -2.56. The van der Waals surface area contributed by atoms with E-state index in [1.54, 1.807) is 18.7 Å². The number of likely N-dealkylation sites (N-methyl/N-ethyl adjacent to an activating group) is 1. The maximum atomic E-state index is 11.9. The molecule has 0 saturated heterocycles. The molecule has 1 atom stereocenters. The van der Waals surface area contributed by atoms with E-state index in [2.05, 4.69) is 5.32 Å². The highest BCUT2D eigenvalue weighted by Crippen LogP contribution is 2.14. The van der Waals surface area contributed by atoms with Gasteiger partial charge in [-0.1, -0.05) is 6.92 Å². The molecule has 17 heavy (non-hydrogen) atoms. The molecule has 2 N–H and O–H groups in total. The molecule has 0 aromatic carbocycles. The van der Waals surface area contributed by atoms with Crippen LogP contribution >= 0.6 is 11.8 Å². The maximum Gasteiger partial charge on any atom is 0.329 e. The van der Waals surface area contributed by atoms with Crippen LogP contribution in [0.15, 0.2) is 0 Å². The number of nitrogens with zero attached hydrogens (tertiary/aromatic N) is 1. The fourth-order valence-corrected chi connectivity index (χ4v) is 1.57. The van der Waals surface area contributed by atoms with Crippen molar-refractivity contribution in [3.05, 3.63) is 0 Å². The first-order valence-corrected chi connectivity index (χ1v) is 6.87. The largest absolute Gasteiger partial charge is 0.480 e. The molecule has 0 aliphatic heterocycles. The van der Waals surface area contributed by atoms with E-state index in [9.17, 15) is 9.59 Å². The average Bonchev–Trinajstić information content (AvgIpc) is 2.26. The van der Waals surface area contributed by atoms with Crippen LogP contribution < -0.4 is 5.32 Å². The molecule has 0 aromatic rings. The van der Waals surface area contributed by atoms with Crippen molar-refractivity contribution in [2.24, 2.45) is 0 Å². The van der Waals surface area contributed by atoms with Crippen molar-refractivity contribution in [1.82, 2.24) is 10.2 Å². The number of aliphatic carboxylic acids is 1. The summed E-state index contributed by atoms with van der Waals surface area (Å²) in [5, 5.41) is 12.1. The second-order valence-corrected chi connectivity index (χ2v) is 5.62. The summed E-state index contributed by atoms with van der Waals surface area (Å²) in [5.41, 5.74) is -1.19. The van der Waals surface area contributed by atoms with E-state index in [1.165, 1.54) is 18.7 Å². The highest BCUT2D eigenvalue weighted by atomic mass is 32.2. The minimum Gasteiger partial charge on any atom is -0.480 e. The van der Waals surface area contributed by atoms with Crippen molar-refractivity contribution in [3.63, 3.8) is 0 Å². The first-order valence-electron chi connectivity index (χ1n) is 5.59. The van der Waals surface area contributed by atoms with Crippen LogP contribution in [0.2, 0.25) is 0 Å². The van der Waals surface area contributed by atoms with E-state index in [4.69, 9.17) is 5.11 Å². The average molecular weight is 262 g/mol. The number of carboxylic acids is 1. The van der Waals surface area contributed by atoms with Gasteiger partial charge in [0.05, 0.1) is 0 Å². The van der Waals surface area contributed by atoms with Gasteiger partial charge in [0.1, 0.15) is 5.54 Å². The Labute approximate surface area is 107 Å². The van der Waals surface area contributed by atoms with Crippen LogP contribution in [0.3, 0.4) is 0 Å². The standard InChI is InChI=1S/C11H22N2O3S/c1-6-13(11(3,4)9(14)15)10(16)12-7-8(2)17-5/h8H,6-7H2,1-5H3,(H,12,16)(H,14,15). The van der Waals surface area contributed by atoms with Gasteiger partial charge in [-0.15, -0.1) is 0 Å². The molecule has 0 spiro atoms. The fourth-order valence-electron chi connectivity index (χ4n) is 1.32. The molecule has 0 fully saturated rings. The van der Waals surface area contributed by atoms with Crippen molar-refractivity contribution >= 4 is 23.8 Å². The van der Waals surface area contributed by atoms with Gasteiger partial charge in [0.15, 0.2) is 0 Å². The molecule has 2 amide bonds. The van der Waals surface area contributed by atoms with E-state index in [0.717, 1.165) is 0 Å². The lowest BCUT2D eigenvalue weighted by atomic mass is 10.0. The van der Waals surface area contributed by atoms with Crippen LogP contribution in [-0.4, -0.2) is 52.1 Å². The molecule has 0 bridgehead atoms. The SMILES string of the molecule is CCN(C(=O)NCC(C)SC)C(C)(C)C(=O)O. The van der Waals surface area contributed by atoms with Gasteiger partial charge in [0.2, 0.25) is 0 Å². The van der Waals surface area contributed by atoms with Crippen LogP contribution in [0.25, 0.3) is 0 Å². The molecule has 0 aliphatic carbocycles. The molecule has 0 saturated carbocycles. The third-order valence-electron chi connectivity index (χ3n) is 2.70. The highest BCUT2D eigenvalue weighted by molar-refractivity contribution is 7.99. The predicted molar refractivity (Wildman–Crippen MR) is 70.5 cm³/mol. The highest BCUT2D eigenvalue weighted by Gasteiger charge is 2.36. The fraction of sp³-hybridized carbons (Fsp3) is 0.818. The molecular formula is C11H22N2O3S. The summed E-state index contributed by atoms with van der Waals surface area (Å²) < 4.78 is 0. The summed E-state index contributed by atoms with van der Waals surface area (Å²) in [7, 11) is 0. The Morgan fingerprint density at radius 3 is 2.35 bits per heavy atom. The van der Waals surface area contributed by atoms with Crippen LogP contribution in [0.5, 0.6) is 0 Å². The molecule has 0 heterocycles. The van der Waals surface area contributed by atoms with Crippen molar-refractivity contribution in [2.75, 3.05) is 19.3 Å². The van der Waals surface area contributed by atoms with Crippen LogP contribution in [0.4, 0.5) is 4.79 Å². The topological polar surface area (TPSA) is 69.6 Å². The molecule has 5 nitrogen and oxygen atoms in total. The number of rotatable bonds is 6. The molecule has 6 heteroatoms. The van der Waals surface area contributed by atoms with E-state index in [-0.39, 0.29) is 6.03 Å². The van der Waals surface area contributed by atoms with E-state index in [0.29, 0.717) is 18.3 Å². The van der Waals surface area contributed by atoms with Crippen molar-refractivity contribution in [3.8, 4) is 0 Å². The van der Waals surface area contributed by atoms with Crippen LogP contribution in [0, 0.1) is 0 Å². The van der Waals surface area contributed by atoms with Gasteiger partial charge < -0.3 is 15.3 Å². The predicted octanol–water partition coefficient (Wildman–Crippen LogP) is 1.63. The van der Waals surface area contributed by atoms with Gasteiger partial charge in [-0.2, -0.15) is 11.8 Å². The quantitative estimate of drug-likeness (QED) is 0.763. The van der Waals surface area contributed by atoms with E-state index >= 15 is 0 Å². The Kier molecular flexibility index (Phi) is 6.37. The van der Waals surface area contributed by atoms with Gasteiger partial charge in [-0.25, -0.2) is 9.59 Å². The lowest BCUT2D eigenvalue weighted by molar-refractivity contribution is -0.147. The number of carbonyl (C=O) groups is 2. The molecule has 1 unspecified atom stereocenters. The number of carboxylic acid groups (broad SMARTS) is 1.